The highest BCUT2D eigenvalue weighted by Crippen LogP contribution is 2.33. The Bertz CT molecular complexity index is 287. The van der Waals surface area contributed by atoms with Crippen LogP contribution in [0, 0.1) is 5.41 Å². The van der Waals surface area contributed by atoms with E-state index < -0.39 is 0 Å². The highest BCUT2D eigenvalue weighted by molar-refractivity contribution is 5.83. The number of likely N-dealkylation sites (tertiary alicyclic amines) is 1. The molecule has 4 nitrogen and oxygen atoms in total. The molecule has 2 rings (SSSR count). The molecule has 0 spiro atoms. The fraction of sp³-hybridized carbons (Fsp3) is 0.929. The molecule has 1 unspecified atom stereocenters. The van der Waals surface area contributed by atoms with Crippen LogP contribution in [0.25, 0.3) is 0 Å². The quantitative estimate of drug-likeness (QED) is 0.788. The van der Waals surface area contributed by atoms with Crippen LogP contribution in [-0.4, -0.2) is 50.1 Å². The van der Waals surface area contributed by atoms with E-state index in [0.29, 0.717) is 11.9 Å². The van der Waals surface area contributed by atoms with E-state index in [0.717, 1.165) is 51.9 Å². The van der Waals surface area contributed by atoms with Gasteiger partial charge >= 0.3 is 0 Å². The van der Waals surface area contributed by atoms with Gasteiger partial charge in [-0.15, -0.1) is 0 Å². The van der Waals surface area contributed by atoms with E-state index in [1.54, 1.807) is 0 Å². The number of nitrogens with zero attached hydrogens (tertiary/aromatic N) is 1. The molecule has 18 heavy (non-hydrogen) atoms. The summed E-state index contributed by atoms with van der Waals surface area (Å²) in [7, 11) is 2.14. The van der Waals surface area contributed by atoms with Gasteiger partial charge in [0.15, 0.2) is 0 Å². The third kappa shape index (κ3) is 3.04. The lowest BCUT2D eigenvalue weighted by molar-refractivity contribution is -0.134. The Kier molecular flexibility index (Phi) is 4.62. The number of piperidine rings is 2. The van der Waals surface area contributed by atoms with Crippen LogP contribution in [0.1, 0.15) is 39.0 Å². The molecule has 2 heterocycles. The summed E-state index contributed by atoms with van der Waals surface area (Å²) in [5, 5.41) is 6.65. The summed E-state index contributed by atoms with van der Waals surface area (Å²) in [6.45, 7) is 6.27. The monoisotopic (exact) mass is 253 g/mol. The Labute approximate surface area is 110 Å². The fourth-order valence-corrected chi connectivity index (χ4v) is 3.27. The number of carbonyl (C=O) groups excluding carboxylic acids is 1. The van der Waals surface area contributed by atoms with Crippen molar-refractivity contribution in [3.63, 3.8) is 0 Å². The summed E-state index contributed by atoms with van der Waals surface area (Å²) in [6, 6.07) is 0.356. The topological polar surface area (TPSA) is 44.4 Å². The smallest absolute Gasteiger partial charge is 0.226 e. The van der Waals surface area contributed by atoms with Crippen molar-refractivity contribution >= 4 is 5.91 Å². The predicted molar refractivity (Wildman–Crippen MR) is 73.5 cm³/mol. The lowest BCUT2D eigenvalue weighted by Crippen LogP contribution is -2.53. The molecular weight excluding hydrogens is 226 g/mol. The van der Waals surface area contributed by atoms with Crippen molar-refractivity contribution in [2.75, 3.05) is 33.2 Å². The van der Waals surface area contributed by atoms with E-state index in [9.17, 15) is 4.79 Å². The highest BCUT2D eigenvalue weighted by Gasteiger charge is 2.38. The van der Waals surface area contributed by atoms with Crippen LogP contribution in [0.5, 0.6) is 0 Å². The summed E-state index contributed by atoms with van der Waals surface area (Å²) in [6.07, 6.45) is 5.26. The Morgan fingerprint density at radius 2 is 2.17 bits per heavy atom. The number of amides is 1. The summed E-state index contributed by atoms with van der Waals surface area (Å²) >= 11 is 0. The molecule has 0 aromatic carbocycles. The van der Waals surface area contributed by atoms with Gasteiger partial charge in [0.2, 0.25) is 5.91 Å². The van der Waals surface area contributed by atoms with Crippen LogP contribution in [-0.2, 0) is 4.79 Å². The van der Waals surface area contributed by atoms with E-state index in [2.05, 4.69) is 29.5 Å². The molecule has 2 aliphatic rings. The third-order valence-corrected chi connectivity index (χ3v) is 4.68. The second-order valence-electron chi connectivity index (χ2n) is 5.96. The average molecular weight is 253 g/mol. The lowest BCUT2D eigenvalue weighted by Gasteiger charge is -2.38. The second kappa shape index (κ2) is 6.02. The van der Waals surface area contributed by atoms with Gasteiger partial charge in [0.25, 0.3) is 0 Å². The molecule has 2 fully saturated rings. The van der Waals surface area contributed by atoms with Crippen molar-refractivity contribution in [3.05, 3.63) is 0 Å². The largest absolute Gasteiger partial charge is 0.352 e. The predicted octanol–water partition coefficient (Wildman–Crippen LogP) is 0.977. The molecular formula is C14H27N3O. The minimum atomic E-state index is -0.110. The highest BCUT2D eigenvalue weighted by atomic mass is 16.2. The van der Waals surface area contributed by atoms with Crippen LogP contribution >= 0.6 is 0 Å². The normalized spacial score (nSPS) is 28.9. The zero-order valence-corrected chi connectivity index (χ0v) is 11.8. The van der Waals surface area contributed by atoms with Crippen LogP contribution < -0.4 is 10.6 Å². The van der Waals surface area contributed by atoms with Crippen LogP contribution in [0.2, 0.25) is 0 Å². The maximum atomic E-state index is 12.6. The Hall–Kier alpha value is -0.610. The maximum absolute atomic E-state index is 12.6. The van der Waals surface area contributed by atoms with E-state index in [1.807, 2.05) is 0 Å². The van der Waals surface area contributed by atoms with E-state index in [4.69, 9.17) is 0 Å². The minimum Gasteiger partial charge on any atom is -0.352 e. The molecule has 104 valence electrons. The summed E-state index contributed by atoms with van der Waals surface area (Å²) < 4.78 is 0. The molecule has 0 aromatic heterocycles. The van der Waals surface area contributed by atoms with Gasteiger partial charge in [0, 0.05) is 12.6 Å². The van der Waals surface area contributed by atoms with Crippen molar-refractivity contribution in [1.82, 2.24) is 15.5 Å². The number of rotatable bonds is 3. The van der Waals surface area contributed by atoms with E-state index >= 15 is 0 Å². The van der Waals surface area contributed by atoms with Gasteiger partial charge in [-0.25, -0.2) is 0 Å². The Morgan fingerprint density at radius 1 is 1.44 bits per heavy atom. The zero-order chi connectivity index (χ0) is 13.0. The molecule has 2 N–H and O–H groups in total. The van der Waals surface area contributed by atoms with Gasteiger partial charge < -0.3 is 15.5 Å². The van der Waals surface area contributed by atoms with Crippen molar-refractivity contribution in [1.29, 1.82) is 0 Å². The molecule has 2 aliphatic heterocycles. The number of hydrogen-bond donors (Lipinski definition) is 2. The third-order valence-electron chi connectivity index (χ3n) is 4.68. The minimum absolute atomic E-state index is 0.110. The number of likely N-dealkylation sites (N-methyl/N-ethyl adjacent to an activating group) is 1. The zero-order valence-electron chi connectivity index (χ0n) is 11.8. The summed E-state index contributed by atoms with van der Waals surface area (Å²) in [5.41, 5.74) is -0.110. The van der Waals surface area contributed by atoms with Crippen LogP contribution in [0.3, 0.4) is 0 Å². The molecule has 4 heteroatoms. The van der Waals surface area contributed by atoms with E-state index in [-0.39, 0.29) is 5.41 Å². The Morgan fingerprint density at radius 3 is 2.78 bits per heavy atom. The van der Waals surface area contributed by atoms with Crippen LogP contribution in [0.4, 0.5) is 0 Å². The molecule has 0 aliphatic carbocycles. The second-order valence-corrected chi connectivity index (χ2v) is 5.96. The van der Waals surface area contributed by atoms with Crippen molar-refractivity contribution in [2.24, 2.45) is 5.41 Å². The number of nitrogens with one attached hydrogen (secondary N) is 2. The molecule has 0 bridgehead atoms. The van der Waals surface area contributed by atoms with Gasteiger partial charge in [0.05, 0.1) is 5.41 Å². The maximum Gasteiger partial charge on any atom is 0.226 e. The summed E-state index contributed by atoms with van der Waals surface area (Å²) in [5.74, 6) is 0.298. The SMILES string of the molecule is CCC1(C(=O)NC2CCCN(C)C2)CCNCC1. The van der Waals surface area contributed by atoms with Gasteiger partial charge in [-0.2, -0.15) is 0 Å². The van der Waals surface area contributed by atoms with Crippen molar-refractivity contribution < 1.29 is 4.79 Å². The lowest BCUT2D eigenvalue weighted by atomic mass is 9.75. The van der Waals surface area contributed by atoms with Gasteiger partial charge in [-0.05, 0) is 58.8 Å². The summed E-state index contributed by atoms with van der Waals surface area (Å²) in [4.78, 5) is 14.9. The van der Waals surface area contributed by atoms with Crippen LogP contribution in [0.15, 0.2) is 0 Å². The Balaban J connectivity index is 1.92. The molecule has 1 amide bonds. The molecule has 0 aromatic rings. The molecule has 2 saturated heterocycles. The van der Waals surface area contributed by atoms with Gasteiger partial charge in [0.1, 0.15) is 0 Å². The van der Waals surface area contributed by atoms with E-state index in [1.165, 1.54) is 6.42 Å². The molecule has 1 atom stereocenters. The van der Waals surface area contributed by atoms with Crippen molar-refractivity contribution in [2.45, 2.75) is 45.1 Å². The standard InChI is InChI=1S/C14H27N3O/c1-3-14(6-8-15-9-7-14)13(18)16-12-5-4-10-17(2)11-12/h12,15H,3-11H2,1-2H3,(H,16,18). The number of carbonyl (C=O) groups is 1. The number of hydrogen-bond acceptors (Lipinski definition) is 3. The van der Waals surface area contributed by atoms with Gasteiger partial charge in [-0.3, -0.25) is 4.79 Å². The van der Waals surface area contributed by atoms with Crippen molar-refractivity contribution in [3.8, 4) is 0 Å². The fourth-order valence-electron chi connectivity index (χ4n) is 3.27. The first-order valence-electron chi connectivity index (χ1n) is 7.36. The first-order valence-corrected chi connectivity index (χ1v) is 7.36. The molecule has 0 saturated carbocycles. The molecule has 0 radical (unpaired) electrons. The average Bonchev–Trinajstić information content (AvgIpc) is 2.39. The first kappa shape index (κ1) is 13.8. The van der Waals surface area contributed by atoms with Gasteiger partial charge in [-0.1, -0.05) is 6.92 Å². The first-order chi connectivity index (χ1) is 8.66.